The number of thiazole rings is 1. The van der Waals surface area contributed by atoms with E-state index >= 15 is 0 Å². The number of rotatable bonds is 3. The second kappa shape index (κ2) is 10.5. The summed E-state index contributed by atoms with van der Waals surface area (Å²) in [6.45, 7) is 10.1. The van der Waals surface area contributed by atoms with E-state index in [1.807, 2.05) is 39.8 Å². The van der Waals surface area contributed by atoms with Crippen molar-refractivity contribution in [1.82, 2.24) is 9.97 Å². The van der Waals surface area contributed by atoms with Gasteiger partial charge in [0, 0.05) is 23.2 Å². The summed E-state index contributed by atoms with van der Waals surface area (Å²) in [6.07, 6.45) is 2.76. The highest BCUT2D eigenvalue weighted by Gasteiger charge is 2.04. The van der Waals surface area contributed by atoms with Crippen LogP contribution < -0.4 is 4.74 Å². The Balaban J connectivity index is 0.000000741. The maximum Gasteiger partial charge on any atom is 0.212 e. The van der Waals surface area contributed by atoms with Gasteiger partial charge < -0.3 is 4.74 Å². The van der Waals surface area contributed by atoms with Gasteiger partial charge in [0.1, 0.15) is 5.01 Å². The third-order valence-electron chi connectivity index (χ3n) is 2.11. The zero-order valence-electron chi connectivity index (χ0n) is 12.7. The van der Waals surface area contributed by atoms with Crippen LogP contribution in [0.4, 0.5) is 0 Å². The molecule has 0 aliphatic carbocycles. The van der Waals surface area contributed by atoms with Crippen LogP contribution in [-0.2, 0) is 6.42 Å². The Morgan fingerprint density at radius 3 is 2.26 bits per heavy atom. The van der Waals surface area contributed by atoms with Crippen molar-refractivity contribution in [1.29, 1.82) is 0 Å². The van der Waals surface area contributed by atoms with E-state index in [9.17, 15) is 0 Å². The molecule has 4 heteroatoms. The second-order valence-corrected chi connectivity index (χ2v) is 3.94. The van der Waals surface area contributed by atoms with Gasteiger partial charge in [-0.05, 0) is 12.5 Å². The van der Waals surface area contributed by atoms with Crippen LogP contribution in [0.15, 0.2) is 23.7 Å². The molecule has 19 heavy (non-hydrogen) atoms. The monoisotopic (exact) mass is 280 g/mol. The van der Waals surface area contributed by atoms with Crippen LogP contribution in [0.5, 0.6) is 5.88 Å². The van der Waals surface area contributed by atoms with Gasteiger partial charge in [0.2, 0.25) is 5.88 Å². The summed E-state index contributed by atoms with van der Waals surface area (Å²) in [5, 5.41) is 3.10. The Hall–Kier alpha value is -1.42. The maximum absolute atomic E-state index is 5.00. The van der Waals surface area contributed by atoms with Crippen molar-refractivity contribution in [3.8, 4) is 16.5 Å². The molecule has 0 aliphatic rings. The summed E-state index contributed by atoms with van der Waals surface area (Å²) in [5.41, 5.74) is 2.17. The highest BCUT2D eigenvalue weighted by Crippen LogP contribution is 2.24. The fourth-order valence-electron chi connectivity index (χ4n) is 1.23. The molecule has 0 amide bonds. The molecule has 0 saturated heterocycles. The molecular weight excluding hydrogens is 256 g/mol. The van der Waals surface area contributed by atoms with Gasteiger partial charge in [-0.3, -0.25) is 0 Å². The summed E-state index contributed by atoms with van der Waals surface area (Å²) >= 11 is 1.65. The molecule has 0 saturated carbocycles. The number of aryl methyl sites for hydroxylation is 1. The molecule has 2 aromatic rings. The van der Waals surface area contributed by atoms with Crippen molar-refractivity contribution in [2.45, 2.75) is 41.0 Å². The summed E-state index contributed by atoms with van der Waals surface area (Å²) in [7, 11) is 1.61. The van der Waals surface area contributed by atoms with Crippen LogP contribution in [0.25, 0.3) is 10.6 Å². The van der Waals surface area contributed by atoms with E-state index in [0.29, 0.717) is 5.88 Å². The Labute approximate surface area is 120 Å². The van der Waals surface area contributed by atoms with Crippen LogP contribution in [0.2, 0.25) is 0 Å². The third-order valence-corrected chi connectivity index (χ3v) is 3.05. The number of hydrogen-bond donors (Lipinski definition) is 0. The van der Waals surface area contributed by atoms with Crippen LogP contribution in [-0.4, -0.2) is 17.1 Å². The second-order valence-electron chi connectivity index (χ2n) is 3.09. The van der Waals surface area contributed by atoms with Crippen molar-refractivity contribution in [3.63, 3.8) is 0 Å². The Morgan fingerprint density at radius 2 is 1.84 bits per heavy atom. The lowest BCUT2D eigenvalue weighted by Gasteiger charge is -1.98. The molecule has 0 N–H and O–H groups in total. The standard InChI is InChI=1S/C11H12N2OS.2C2H6/c1-3-9-7-15-11(13-9)8-4-5-10(14-2)12-6-8;2*1-2/h4-7H,3H2,1-2H3;2*1-2H3. The van der Waals surface area contributed by atoms with E-state index in [1.54, 1.807) is 24.6 Å². The molecule has 0 spiro atoms. The number of nitrogens with zero attached hydrogens (tertiary/aromatic N) is 2. The first-order valence-electron chi connectivity index (χ1n) is 6.78. The number of hydrogen-bond acceptors (Lipinski definition) is 4. The lowest BCUT2D eigenvalue weighted by molar-refractivity contribution is 0.398. The lowest BCUT2D eigenvalue weighted by Crippen LogP contribution is -1.87. The summed E-state index contributed by atoms with van der Waals surface area (Å²) < 4.78 is 5.00. The highest BCUT2D eigenvalue weighted by molar-refractivity contribution is 7.13. The summed E-state index contributed by atoms with van der Waals surface area (Å²) in [5.74, 6) is 0.631. The first-order chi connectivity index (χ1) is 9.33. The van der Waals surface area contributed by atoms with E-state index in [0.717, 1.165) is 22.7 Å². The molecule has 0 radical (unpaired) electrons. The maximum atomic E-state index is 5.00. The van der Waals surface area contributed by atoms with Crippen LogP contribution in [0, 0.1) is 0 Å². The van der Waals surface area contributed by atoms with E-state index in [2.05, 4.69) is 22.3 Å². The smallest absolute Gasteiger partial charge is 0.212 e. The summed E-state index contributed by atoms with van der Waals surface area (Å²) in [6, 6.07) is 3.83. The predicted molar refractivity (Wildman–Crippen MR) is 84.0 cm³/mol. The van der Waals surface area contributed by atoms with Gasteiger partial charge in [0.25, 0.3) is 0 Å². The topological polar surface area (TPSA) is 35.0 Å². The SMILES string of the molecule is CC.CC.CCc1csc(-c2ccc(OC)nc2)n1. The van der Waals surface area contributed by atoms with Crippen molar-refractivity contribution < 1.29 is 4.74 Å². The third kappa shape index (κ3) is 5.39. The molecule has 0 unspecified atom stereocenters. The van der Waals surface area contributed by atoms with Gasteiger partial charge in [0.15, 0.2) is 0 Å². The van der Waals surface area contributed by atoms with E-state index in [4.69, 9.17) is 4.74 Å². The number of methoxy groups -OCH3 is 1. The zero-order chi connectivity index (χ0) is 14.7. The molecule has 0 fully saturated rings. The molecule has 106 valence electrons. The summed E-state index contributed by atoms with van der Waals surface area (Å²) in [4.78, 5) is 8.65. The van der Waals surface area contributed by atoms with Gasteiger partial charge in [-0.2, -0.15) is 0 Å². The molecule has 0 atom stereocenters. The van der Waals surface area contributed by atoms with Crippen LogP contribution >= 0.6 is 11.3 Å². The number of pyridine rings is 1. The highest BCUT2D eigenvalue weighted by atomic mass is 32.1. The molecule has 2 heterocycles. The fourth-order valence-corrected chi connectivity index (χ4v) is 2.12. The van der Waals surface area contributed by atoms with Crippen molar-refractivity contribution in [3.05, 3.63) is 29.4 Å². The van der Waals surface area contributed by atoms with E-state index in [-0.39, 0.29) is 0 Å². The van der Waals surface area contributed by atoms with Crippen molar-refractivity contribution in [2.24, 2.45) is 0 Å². The van der Waals surface area contributed by atoms with Crippen LogP contribution in [0.3, 0.4) is 0 Å². The van der Waals surface area contributed by atoms with Gasteiger partial charge in [0.05, 0.1) is 12.8 Å². The molecule has 0 bridgehead atoms. The van der Waals surface area contributed by atoms with Gasteiger partial charge >= 0.3 is 0 Å². The fraction of sp³-hybridized carbons (Fsp3) is 0.467. The molecule has 3 nitrogen and oxygen atoms in total. The Bertz CT molecular complexity index is 438. The zero-order valence-corrected chi connectivity index (χ0v) is 13.5. The predicted octanol–water partition coefficient (Wildman–Crippen LogP) is 4.83. The lowest BCUT2D eigenvalue weighted by atomic mass is 10.3. The first kappa shape index (κ1) is 17.6. The average Bonchev–Trinajstić information content (AvgIpc) is 3.00. The molecule has 0 aromatic carbocycles. The molecular formula is C15H24N2OS. The normalized spacial score (nSPS) is 8.74. The minimum absolute atomic E-state index is 0.631. The van der Waals surface area contributed by atoms with Crippen molar-refractivity contribution in [2.75, 3.05) is 7.11 Å². The number of aromatic nitrogens is 2. The Kier molecular flexibility index (Phi) is 9.71. The van der Waals surface area contributed by atoms with Gasteiger partial charge in [-0.25, -0.2) is 9.97 Å². The minimum atomic E-state index is 0.631. The van der Waals surface area contributed by atoms with Crippen molar-refractivity contribution >= 4 is 11.3 Å². The average molecular weight is 280 g/mol. The quantitative estimate of drug-likeness (QED) is 0.807. The first-order valence-corrected chi connectivity index (χ1v) is 7.66. The van der Waals surface area contributed by atoms with Gasteiger partial charge in [-0.15, -0.1) is 11.3 Å². The molecule has 0 aliphatic heterocycles. The number of ether oxygens (including phenoxy) is 1. The Morgan fingerprint density at radius 1 is 1.16 bits per heavy atom. The van der Waals surface area contributed by atoms with Crippen LogP contribution in [0.1, 0.15) is 40.3 Å². The molecule has 2 rings (SSSR count). The van der Waals surface area contributed by atoms with E-state index in [1.165, 1.54) is 0 Å². The minimum Gasteiger partial charge on any atom is -0.481 e. The molecule has 2 aromatic heterocycles. The van der Waals surface area contributed by atoms with Gasteiger partial charge in [-0.1, -0.05) is 34.6 Å². The van der Waals surface area contributed by atoms with E-state index < -0.39 is 0 Å². The largest absolute Gasteiger partial charge is 0.481 e.